The van der Waals surface area contributed by atoms with Crippen LogP contribution in [0.15, 0.2) is 78.4 Å². The molecular weight excluding hydrogens is 405 g/mol. The van der Waals surface area contributed by atoms with E-state index in [2.05, 4.69) is 11.0 Å². The SMILES string of the molecule is COc1ccccc1C1=C(CN2CCOCC2)C(c2ccc(F)cc2)c2ccccc2O1. The number of methoxy groups -OCH3 is 1. The van der Waals surface area contributed by atoms with Crippen molar-refractivity contribution in [3.8, 4) is 11.5 Å². The third-order valence-corrected chi connectivity index (χ3v) is 6.13. The van der Waals surface area contributed by atoms with Crippen molar-refractivity contribution >= 4 is 5.76 Å². The van der Waals surface area contributed by atoms with Crippen LogP contribution in [0.3, 0.4) is 0 Å². The van der Waals surface area contributed by atoms with E-state index in [1.807, 2.05) is 54.6 Å². The van der Waals surface area contributed by atoms with Crippen LogP contribution in [0.4, 0.5) is 4.39 Å². The van der Waals surface area contributed by atoms with Crippen molar-refractivity contribution in [3.63, 3.8) is 0 Å². The molecule has 0 N–H and O–H groups in total. The predicted octanol–water partition coefficient (Wildman–Crippen LogP) is 5.10. The van der Waals surface area contributed by atoms with Gasteiger partial charge in [0.2, 0.25) is 0 Å². The van der Waals surface area contributed by atoms with Crippen molar-refractivity contribution < 1.29 is 18.6 Å². The van der Waals surface area contributed by atoms with Crippen molar-refractivity contribution in [3.05, 3.63) is 101 Å². The summed E-state index contributed by atoms with van der Waals surface area (Å²) in [5.74, 6) is 2.09. The number of hydrogen-bond acceptors (Lipinski definition) is 4. The first-order valence-electron chi connectivity index (χ1n) is 10.9. The van der Waals surface area contributed by atoms with Gasteiger partial charge >= 0.3 is 0 Å². The van der Waals surface area contributed by atoms with Gasteiger partial charge in [-0.3, -0.25) is 4.90 Å². The number of halogens is 1. The summed E-state index contributed by atoms with van der Waals surface area (Å²) < 4.78 is 31.6. The Labute approximate surface area is 187 Å². The standard InChI is InChI=1S/C27H26FNO3/c1-30-24-8-4-3-7-22(24)27-23(18-29-14-16-31-17-15-29)26(19-10-12-20(28)13-11-19)21-6-2-5-9-25(21)32-27/h2-13,26H,14-18H2,1H3. The molecule has 0 amide bonds. The second-order valence-electron chi connectivity index (χ2n) is 8.07. The van der Waals surface area contributed by atoms with Crippen molar-refractivity contribution in [2.24, 2.45) is 0 Å². The molecule has 32 heavy (non-hydrogen) atoms. The van der Waals surface area contributed by atoms with E-state index in [1.54, 1.807) is 7.11 Å². The fourth-order valence-corrected chi connectivity index (χ4v) is 4.57. The van der Waals surface area contributed by atoms with Gasteiger partial charge < -0.3 is 14.2 Å². The lowest BCUT2D eigenvalue weighted by molar-refractivity contribution is 0.0416. The highest BCUT2D eigenvalue weighted by Crippen LogP contribution is 2.47. The quantitative estimate of drug-likeness (QED) is 0.562. The van der Waals surface area contributed by atoms with Crippen molar-refractivity contribution in [2.75, 3.05) is 40.0 Å². The van der Waals surface area contributed by atoms with Crippen LogP contribution in [0.5, 0.6) is 11.5 Å². The lowest BCUT2D eigenvalue weighted by atomic mass is 9.81. The zero-order valence-corrected chi connectivity index (χ0v) is 18.1. The number of nitrogens with zero attached hydrogens (tertiary/aromatic N) is 1. The summed E-state index contributed by atoms with van der Waals surface area (Å²) in [6.45, 7) is 3.89. The molecule has 0 saturated carbocycles. The first-order chi connectivity index (χ1) is 15.7. The highest BCUT2D eigenvalue weighted by atomic mass is 19.1. The number of para-hydroxylation sites is 2. The van der Waals surface area contributed by atoms with E-state index in [9.17, 15) is 4.39 Å². The summed E-state index contributed by atoms with van der Waals surface area (Å²) >= 11 is 0. The molecule has 0 spiro atoms. The Morgan fingerprint density at radius 2 is 1.66 bits per heavy atom. The van der Waals surface area contributed by atoms with Gasteiger partial charge in [-0.2, -0.15) is 0 Å². The molecule has 5 heteroatoms. The van der Waals surface area contributed by atoms with Gasteiger partial charge in [0, 0.05) is 31.1 Å². The minimum absolute atomic E-state index is 0.0525. The van der Waals surface area contributed by atoms with Gasteiger partial charge in [-0.1, -0.05) is 42.5 Å². The Morgan fingerprint density at radius 1 is 0.938 bits per heavy atom. The summed E-state index contributed by atoms with van der Waals surface area (Å²) in [5.41, 5.74) is 4.18. The van der Waals surface area contributed by atoms with Crippen LogP contribution in [0.25, 0.3) is 5.76 Å². The Morgan fingerprint density at radius 3 is 2.44 bits per heavy atom. The van der Waals surface area contributed by atoms with Crippen molar-refractivity contribution in [1.29, 1.82) is 0 Å². The van der Waals surface area contributed by atoms with Gasteiger partial charge in [0.15, 0.2) is 0 Å². The molecule has 2 heterocycles. The number of benzene rings is 3. The third-order valence-electron chi connectivity index (χ3n) is 6.13. The largest absolute Gasteiger partial charge is 0.496 e. The second kappa shape index (κ2) is 9.15. The molecule has 2 aliphatic heterocycles. The summed E-state index contributed by atoms with van der Waals surface area (Å²) in [6.07, 6.45) is 0. The summed E-state index contributed by atoms with van der Waals surface area (Å²) in [5, 5.41) is 0. The molecule has 5 rings (SSSR count). The molecular formula is C27H26FNO3. The van der Waals surface area contributed by atoms with Gasteiger partial charge in [0.05, 0.1) is 25.9 Å². The van der Waals surface area contributed by atoms with Crippen LogP contribution in [0, 0.1) is 5.82 Å². The Kier molecular flexibility index (Phi) is 5.93. The lowest BCUT2D eigenvalue weighted by Crippen LogP contribution is -2.39. The van der Waals surface area contributed by atoms with Gasteiger partial charge in [0.25, 0.3) is 0 Å². The molecule has 3 aromatic carbocycles. The highest BCUT2D eigenvalue weighted by Gasteiger charge is 2.33. The maximum absolute atomic E-state index is 13.8. The maximum Gasteiger partial charge on any atom is 0.139 e. The number of morpholine rings is 1. The molecule has 1 unspecified atom stereocenters. The first-order valence-corrected chi connectivity index (χ1v) is 10.9. The van der Waals surface area contributed by atoms with Crippen LogP contribution in [0.1, 0.15) is 22.6 Å². The molecule has 4 nitrogen and oxygen atoms in total. The number of rotatable bonds is 5. The van der Waals surface area contributed by atoms with Crippen molar-refractivity contribution in [1.82, 2.24) is 4.90 Å². The van der Waals surface area contributed by atoms with E-state index >= 15 is 0 Å². The third kappa shape index (κ3) is 4.01. The number of hydrogen-bond donors (Lipinski definition) is 0. The van der Waals surface area contributed by atoms with Crippen LogP contribution in [0.2, 0.25) is 0 Å². The Balaban J connectivity index is 1.71. The summed E-state index contributed by atoms with van der Waals surface area (Å²) in [6, 6.07) is 22.8. The molecule has 1 saturated heterocycles. The fraction of sp³-hybridized carbons (Fsp3) is 0.259. The minimum atomic E-state index is -0.238. The topological polar surface area (TPSA) is 30.9 Å². The molecule has 0 radical (unpaired) electrons. The van der Waals surface area contributed by atoms with Crippen LogP contribution < -0.4 is 9.47 Å². The van der Waals surface area contributed by atoms with Gasteiger partial charge in [0.1, 0.15) is 23.1 Å². The molecule has 0 bridgehead atoms. The molecule has 1 atom stereocenters. The van der Waals surface area contributed by atoms with E-state index in [-0.39, 0.29) is 11.7 Å². The molecule has 1 fully saturated rings. The predicted molar refractivity (Wildman–Crippen MR) is 122 cm³/mol. The van der Waals surface area contributed by atoms with E-state index in [1.165, 1.54) is 12.1 Å². The zero-order valence-electron chi connectivity index (χ0n) is 18.1. The Hall–Kier alpha value is -3.15. The number of fused-ring (bicyclic) bond motifs is 1. The number of ether oxygens (including phenoxy) is 3. The van der Waals surface area contributed by atoms with E-state index in [0.717, 1.165) is 72.4 Å². The van der Waals surface area contributed by atoms with Crippen LogP contribution in [-0.2, 0) is 4.74 Å². The molecule has 164 valence electrons. The van der Waals surface area contributed by atoms with Crippen LogP contribution in [-0.4, -0.2) is 44.9 Å². The van der Waals surface area contributed by atoms with Gasteiger partial charge in [-0.15, -0.1) is 0 Å². The van der Waals surface area contributed by atoms with Gasteiger partial charge in [-0.05, 0) is 41.5 Å². The smallest absolute Gasteiger partial charge is 0.139 e. The highest BCUT2D eigenvalue weighted by molar-refractivity contribution is 5.75. The summed E-state index contributed by atoms with van der Waals surface area (Å²) in [7, 11) is 1.68. The monoisotopic (exact) mass is 431 g/mol. The maximum atomic E-state index is 13.8. The molecule has 3 aromatic rings. The van der Waals surface area contributed by atoms with E-state index in [0.29, 0.717) is 0 Å². The molecule has 2 aliphatic rings. The zero-order chi connectivity index (χ0) is 21.9. The molecule has 0 aliphatic carbocycles. The van der Waals surface area contributed by atoms with E-state index in [4.69, 9.17) is 14.2 Å². The van der Waals surface area contributed by atoms with Gasteiger partial charge in [-0.25, -0.2) is 4.39 Å². The fourth-order valence-electron chi connectivity index (χ4n) is 4.57. The summed E-state index contributed by atoms with van der Waals surface area (Å²) in [4.78, 5) is 2.39. The average molecular weight is 432 g/mol. The van der Waals surface area contributed by atoms with E-state index < -0.39 is 0 Å². The first kappa shape index (κ1) is 20.7. The minimum Gasteiger partial charge on any atom is -0.496 e. The van der Waals surface area contributed by atoms with Crippen molar-refractivity contribution in [2.45, 2.75) is 5.92 Å². The average Bonchev–Trinajstić information content (AvgIpc) is 2.85. The molecule has 0 aromatic heterocycles. The Bertz CT molecular complexity index is 1120. The normalized spacial score (nSPS) is 18.8. The van der Waals surface area contributed by atoms with Crippen LogP contribution >= 0.6 is 0 Å². The second-order valence-corrected chi connectivity index (χ2v) is 8.07. The lowest BCUT2D eigenvalue weighted by Gasteiger charge is -2.35.